The van der Waals surface area contributed by atoms with Crippen LogP contribution >= 0.6 is 15.9 Å². The van der Waals surface area contributed by atoms with E-state index in [1.807, 2.05) is 19.1 Å². The van der Waals surface area contributed by atoms with Crippen molar-refractivity contribution in [2.24, 2.45) is 0 Å². The molecule has 0 saturated carbocycles. The molecule has 1 aromatic heterocycles. The summed E-state index contributed by atoms with van der Waals surface area (Å²) >= 11 is 3.53. The highest BCUT2D eigenvalue weighted by atomic mass is 79.9. The highest BCUT2D eigenvalue weighted by Crippen LogP contribution is 2.33. The van der Waals surface area contributed by atoms with Gasteiger partial charge in [0, 0.05) is 29.2 Å². The summed E-state index contributed by atoms with van der Waals surface area (Å²) in [6.45, 7) is 3.21. The molecule has 106 valence electrons. The number of aromatic nitrogens is 1. The third kappa shape index (κ3) is 2.72. The average Bonchev–Trinajstić information content (AvgIpc) is 2.93. The van der Waals surface area contributed by atoms with E-state index in [2.05, 4.69) is 38.4 Å². The number of nitrogens with zero attached hydrogens (tertiary/aromatic N) is 2. The van der Waals surface area contributed by atoms with Gasteiger partial charge in [-0.05, 0) is 36.2 Å². The van der Waals surface area contributed by atoms with Gasteiger partial charge in [-0.15, -0.1) is 0 Å². The maximum atomic E-state index is 9.23. The molecule has 5 heteroatoms. The number of hydrogen-bond acceptors (Lipinski definition) is 4. The molecule has 1 aliphatic heterocycles. The predicted molar refractivity (Wildman–Crippen MR) is 84.4 cm³/mol. The fourth-order valence-corrected chi connectivity index (χ4v) is 3.04. The van der Waals surface area contributed by atoms with Crippen molar-refractivity contribution in [3.8, 4) is 11.8 Å². The minimum atomic E-state index is 0.576. The van der Waals surface area contributed by atoms with Gasteiger partial charge in [-0.2, -0.15) is 5.26 Å². The number of fused-ring (bicyclic) bond motifs is 1. The van der Waals surface area contributed by atoms with E-state index in [9.17, 15) is 5.26 Å². The Bertz CT molecular complexity index is 737. The lowest BCUT2D eigenvalue weighted by Crippen LogP contribution is -2.05. The number of anilines is 1. The molecule has 1 aromatic carbocycles. The third-order valence-electron chi connectivity index (χ3n) is 3.54. The van der Waals surface area contributed by atoms with Gasteiger partial charge in [0.1, 0.15) is 17.6 Å². The lowest BCUT2D eigenvalue weighted by molar-refractivity contribution is 0.354. The van der Waals surface area contributed by atoms with E-state index in [0.717, 1.165) is 34.4 Å². The predicted octanol–water partition coefficient (Wildman–Crippen LogP) is 3.57. The highest BCUT2D eigenvalue weighted by Gasteiger charge is 2.17. The van der Waals surface area contributed by atoms with Gasteiger partial charge in [-0.3, -0.25) is 0 Å². The van der Waals surface area contributed by atoms with Gasteiger partial charge in [-0.1, -0.05) is 15.9 Å². The largest absolute Gasteiger partial charge is 0.493 e. The Balaban J connectivity index is 1.87. The topological polar surface area (TPSA) is 57.9 Å². The van der Waals surface area contributed by atoms with Gasteiger partial charge in [0.25, 0.3) is 0 Å². The molecule has 4 nitrogen and oxygen atoms in total. The Morgan fingerprint density at radius 2 is 2.33 bits per heavy atom. The van der Waals surface area contributed by atoms with Crippen molar-refractivity contribution in [2.75, 3.05) is 11.9 Å². The zero-order chi connectivity index (χ0) is 14.8. The van der Waals surface area contributed by atoms with Crippen LogP contribution in [0.3, 0.4) is 0 Å². The maximum Gasteiger partial charge on any atom is 0.144 e. The first-order valence-corrected chi connectivity index (χ1v) is 7.52. The van der Waals surface area contributed by atoms with Crippen molar-refractivity contribution in [3.63, 3.8) is 0 Å². The molecule has 3 rings (SSSR count). The van der Waals surface area contributed by atoms with E-state index in [4.69, 9.17) is 4.74 Å². The van der Waals surface area contributed by atoms with Crippen molar-refractivity contribution in [3.05, 3.63) is 51.1 Å². The van der Waals surface area contributed by atoms with Crippen LogP contribution in [0.2, 0.25) is 0 Å². The number of halogens is 1. The number of hydrogen-bond donors (Lipinski definition) is 1. The molecule has 1 N–H and O–H groups in total. The van der Waals surface area contributed by atoms with Gasteiger partial charge >= 0.3 is 0 Å². The monoisotopic (exact) mass is 343 g/mol. The Hall–Kier alpha value is -2.06. The number of nitrogens with one attached hydrogen (secondary N) is 1. The molecule has 21 heavy (non-hydrogen) atoms. The van der Waals surface area contributed by atoms with Crippen LogP contribution in [-0.2, 0) is 13.0 Å². The molecule has 0 unspecified atom stereocenters. The van der Waals surface area contributed by atoms with Gasteiger partial charge in [-0.25, -0.2) is 4.98 Å². The molecule has 0 fully saturated rings. The lowest BCUT2D eigenvalue weighted by atomic mass is 10.1. The zero-order valence-electron chi connectivity index (χ0n) is 11.6. The first-order valence-electron chi connectivity index (χ1n) is 6.72. The van der Waals surface area contributed by atoms with Gasteiger partial charge in [0.15, 0.2) is 0 Å². The summed E-state index contributed by atoms with van der Waals surface area (Å²) in [6.07, 6.45) is 2.65. The summed E-state index contributed by atoms with van der Waals surface area (Å²) < 4.78 is 6.75. The molecule has 0 saturated heterocycles. The number of rotatable bonds is 3. The number of pyridine rings is 1. The minimum absolute atomic E-state index is 0.576. The fraction of sp³-hybridized carbons (Fsp3) is 0.250. The van der Waals surface area contributed by atoms with E-state index >= 15 is 0 Å². The molecule has 0 radical (unpaired) electrons. The van der Waals surface area contributed by atoms with Crippen LogP contribution in [0.4, 0.5) is 5.82 Å². The highest BCUT2D eigenvalue weighted by molar-refractivity contribution is 9.10. The van der Waals surface area contributed by atoms with E-state index in [-0.39, 0.29) is 0 Å². The van der Waals surface area contributed by atoms with Crippen LogP contribution in [0.1, 0.15) is 22.3 Å². The second-order valence-electron chi connectivity index (χ2n) is 4.97. The van der Waals surface area contributed by atoms with Crippen molar-refractivity contribution < 1.29 is 4.74 Å². The Labute approximate surface area is 131 Å². The van der Waals surface area contributed by atoms with Gasteiger partial charge in [0.05, 0.1) is 12.2 Å². The second-order valence-corrected chi connectivity index (χ2v) is 5.88. The van der Waals surface area contributed by atoms with Crippen LogP contribution < -0.4 is 10.1 Å². The molecule has 0 atom stereocenters. The second kappa shape index (κ2) is 5.74. The molecule has 2 aromatic rings. The Kier molecular flexibility index (Phi) is 3.80. The third-order valence-corrected chi connectivity index (χ3v) is 4.00. The van der Waals surface area contributed by atoms with E-state index in [1.54, 1.807) is 6.20 Å². The molecule has 1 aliphatic rings. The van der Waals surface area contributed by atoms with Crippen LogP contribution in [0, 0.1) is 18.3 Å². The maximum absolute atomic E-state index is 9.23. The molecule has 0 aliphatic carbocycles. The molecule has 0 amide bonds. The van der Waals surface area contributed by atoms with Gasteiger partial charge < -0.3 is 10.1 Å². The van der Waals surface area contributed by atoms with Crippen LogP contribution in [0.5, 0.6) is 5.75 Å². The minimum Gasteiger partial charge on any atom is -0.493 e. The molecule has 0 spiro atoms. The van der Waals surface area contributed by atoms with Gasteiger partial charge in [0.2, 0.25) is 0 Å². The molecular weight excluding hydrogens is 330 g/mol. The summed E-state index contributed by atoms with van der Waals surface area (Å²) in [5.74, 6) is 1.57. The normalized spacial score (nSPS) is 12.4. The first-order chi connectivity index (χ1) is 10.2. The standard InChI is InChI=1S/C16H14BrN3O/c1-10-2-4-19-16(14(10)8-18)20-9-12-7-13(17)6-11-3-5-21-15(11)12/h2,4,6-7H,3,5,9H2,1H3,(H,19,20). The van der Waals surface area contributed by atoms with Crippen LogP contribution in [-0.4, -0.2) is 11.6 Å². The first kappa shape index (κ1) is 13.9. The van der Waals surface area contributed by atoms with Crippen molar-refractivity contribution in [1.82, 2.24) is 4.98 Å². The SMILES string of the molecule is Cc1ccnc(NCc2cc(Br)cc3c2OCC3)c1C#N. The molecular formula is C16H14BrN3O. The van der Waals surface area contributed by atoms with E-state index < -0.39 is 0 Å². The summed E-state index contributed by atoms with van der Waals surface area (Å²) in [7, 11) is 0. The quantitative estimate of drug-likeness (QED) is 0.925. The summed E-state index contributed by atoms with van der Waals surface area (Å²) in [6, 6.07) is 8.17. The van der Waals surface area contributed by atoms with Crippen molar-refractivity contribution in [1.29, 1.82) is 5.26 Å². The summed E-state index contributed by atoms with van der Waals surface area (Å²) in [5, 5.41) is 12.5. The average molecular weight is 344 g/mol. The molecule has 0 bridgehead atoms. The van der Waals surface area contributed by atoms with Crippen molar-refractivity contribution in [2.45, 2.75) is 19.9 Å². The smallest absolute Gasteiger partial charge is 0.144 e. The zero-order valence-corrected chi connectivity index (χ0v) is 13.2. The van der Waals surface area contributed by atoms with E-state index in [1.165, 1.54) is 5.56 Å². The number of nitriles is 1. The molecule has 2 heterocycles. The Morgan fingerprint density at radius 3 is 3.14 bits per heavy atom. The number of aryl methyl sites for hydroxylation is 1. The van der Waals surface area contributed by atoms with Crippen LogP contribution in [0.15, 0.2) is 28.9 Å². The lowest BCUT2D eigenvalue weighted by Gasteiger charge is -2.12. The fourth-order valence-electron chi connectivity index (χ4n) is 2.49. The number of ether oxygens (including phenoxy) is 1. The van der Waals surface area contributed by atoms with Crippen LogP contribution in [0.25, 0.3) is 0 Å². The van der Waals surface area contributed by atoms with Crippen molar-refractivity contribution >= 4 is 21.7 Å². The Morgan fingerprint density at radius 1 is 1.48 bits per heavy atom. The summed E-state index contributed by atoms with van der Waals surface area (Å²) in [4.78, 5) is 4.26. The number of benzene rings is 1. The summed E-state index contributed by atoms with van der Waals surface area (Å²) in [5.41, 5.74) is 3.80. The van der Waals surface area contributed by atoms with E-state index in [0.29, 0.717) is 17.9 Å².